The molecule has 1 saturated heterocycles. The fourth-order valence-corrected chi connectivity index (χ4v) is 4.36. The van der Waals surface area contributed by atoms with Gasteiger partial charge in [0.1, 0.15) is 11.6 Å². The van der Waals surface area contributed by atoms with Gasteiger partial charge in [-0.3, -0.25) is 4.90 Å². The number of nitrogens with one attached hydrogen (secondary N) is 1. The zero-order chi connectivity index (χ0) is 13.9. The Morgan fingerprint density at radius 3 is 2.80 bits per heavy atom. The molecule has 0 amide bonds. The third-order valence-electron chi connectivity index (χ3n) is 4.49. The van der Waals surface area contributed by atoms with Crippen LogP contribution in [0.4, 0.5) is 5.82 Å². The molecule has 2 heterocycles. The van der Waals surface area contributed by atoms with Crippen molar-refractivity contribution >= 4 is 17.6 Å². The van der Waals surface area contributed by atoms with Crippen molar-refractivity contribution < 1.29 is 0 Å². The van der Waals surface area contributed by atoms with Crippen molar-refractivity contribution in [2.24, 2.45) is 0 Å². The maximum Gasteiger partial charge on any atom is 0.148 e. The maximum atomic E-state index is 4.93. The Morgan fingerprint density at radius 2 is 2.10 bits per heavy atom. The van der Waals surface area contributed by atoms with Crippen LogP contribution in [0.2, 0.25) is 0 Å². The van der Waals surface area contributed by atoms with Crippen molar-refractivity contribution in [2.45, 2.75) is 37.6 Å². The lowest BCUT2D eigenvalue weighted by Crippen LogP contribution is -2.34. The summed E-state index contributed by atoms with van der Waals surface area (Å²) >= 11 is 2.01. The summed E-state index contributed by atoms with van der Waals surface area (Å²) in [5.74, 6) is 4.95. The van der Waals surface area contributed by atoms with Crippen LogP contribution in [0.1, 0.15) is 49.2 Å². The van der Waals surface area contributed by atoms with E-state index in [1.807, 2.05) is 18.8 Å². The van der Waals surface area contributed by atoms with Crippen molar-refractivity contribution in [3.05, 3.63) is 17.6 Å². The zero-order valence-corrected chi connectivity index (χ0v) is 13.2. The van der Waals surface area contributed by atoms with Crippen molar-refractivity contribution in [2.75, 3.05) is 37.5 Å². The Bertz CT molecular complexity index is 459. The summed E-state index contributed by atoms with van der Waals surface area (Å²) in [4.78, 5) is 12.0. The Balaban J connectivity index is 1.90. The maximum absolute atomic E-state index is 4.93. The van der Waals surface area contributed by atoms with Gasteiger partial charge in [-0.1, -0.05) is 12.8 Å². The van der Waals surface area contributed by atoms with Gasteiger partial charge in [0.2, 0.25) is 0 Å². The number of aromatic nitrogens is 2. The number of hydrogen-bond acceptors (Lipinski definition) is 5. The second-order valence-electron chi connectivity index (χ2n) is 5.84. The Morgan fingerprint density at radius 1 is 1.30 bits per heavy atom. The molecule has 0 bridgehead atoms. The van der Waals surface area contributed by atoms with Crippen LogP contribution in [0.3, 0.4) is 0 Å². The molecule has 20 heavy (non-hydrogen) atoms. The second-order valence-corrected chi connectivity index (χ2v) is 6.99. The quantitative estimate of drug-likeness (QED) is 0.927. The zero-order valence-electron chi connectivity index (χ0n) is 12.4. The molecule has 1 unspecified atom stereocenters. The highest BCUT2D eigenvalue weighted by atomic mass is 32.2. The SMILES string of the molecule is CNc1cc(C2CCCC2)nc(C2CSCCN2C)n1. The highest BCUT2D eigenvalue weighted by molar-refractivity contribution is 7.99. The number of hydrogen-bond donors (Lipinski definition) is 1. The lowest BCUT2D eigenvalue weighted by Gasteiger charge is -2.31. The van der Waals surface area contributed by atoms with E-state index in [2.05, 4.69) is 23.3 Å². The summed E-state index contributed by atoms with van der Waals surface area (Å²) in [6.45, 7) is 1.13. The van der Waals surface area contributed by atoms with Gasteiger partial charge in [0.05, 0.1) is 6.04 Å². The number of nitrogens with zero attached hydrogens (tertiary/aromatic N) is 3. The lowest BCUT2D eigenvalue weighted by atomic mass is 10.0. The van der Waals surface area contributed by atoms with E-state index in [0.717, 1.165) is 23.9 Å². The topological polar surface area (TPSA) is 41.1 Å². The average Bonchev–Trinajstić information content (AvgIpc) is 3.01. The third kappa shape index (κ3) is 2.93. The van der Waals surface area contributed by atoms with Crippen LogP contribution in [-0.2, 0) is 0 Å². The molecule has 1 aromatic heterocycles. The summed E-state index contributed by atoms with van der Waals surface area (Å²) in [7, 11) is 4.14. The van der Waals surface area contributed by atoms with Crippen LogP contribution < -0.4 is 5.32 Å². The first-order chi connectivity index (χ1) is 9.78. The first-order valence-electron chi connectivity index (χ1n) is 7.62. The van der Waals surface area contributed by atoms with Gasteiger partial charge in [-0.05, 0) is 19.9 Å². The summed E-state index contributed by atoms with van der Waals surface area (Å²) < 4.78 is 0. The second kappa shape index (κ2) is 6.31. The molecule has 110 valence electrons. The van der Waals surface area contributed by atoms with Crippen LogP contribution in [0.15, 0.2) is 6.07 Å². The van der Waals surface area contributed by atoms with Crippen molar-refractivity contribution in [1.82, 2.24) is 14.9 Å². The third-order valence-corrected chi connectivity index (χ3v) is 5.51. The molecule has 1 aliphatic heterocycles. The van der Waals surface area contributed by atoms with Gasteiger partial charge in [0, 0.05) is 42.8 Å². The van der Waals surface area contributed by atoms with E-state index in [0.29, 0.717) is 12.0 Å². The minimum absolute atomic E-state index is 0.363. The van der Waals surface area contributed by atoms with Crippen LogP contribution in [0, 0.1) is 0 Å². The van der Waals surface area contributed by atoms with E-state index in [9.17, 15) is 0 Å². The molecule has 2 fully saturated rings. The molecule has 1 saturated carbocycles. The van der Waals surface area contributed by atoms with Crippen molar-refractivity contribution in [1.29, 1.82) is 0 Å². The molecular formula is C15H24N4S. The lowest BCUT2D eigenvalue weighted by molar-refractivity contribution is 0.264. The molecule has 0 radical (unpaired) electrons. The number of anilines is 1. The minimum Gasteiger partial charge on any atom is -0.373 e. The number of thioether (sulfide) groups is 1. The predicted octanol–water partition coefficient (Wildman–Crippen LogP) is 2.90. The molecule has 1 N–H and O–H groups in total. The molecule has 5 heteroatoms. The molecule has 0 aromatic carbocycles. The molecule has 4 nitrogen and oxygen atoms in total. The fraction of sp³-hybridized carbons (Fsp3) is 0.733. The van der Waals surface area contributed by atoms with E-state index in [1.165, 1.54) is 37.1 Å². The summed E-state index contributed by atoms with van der Waals surface area (Å²) in [5, 5.41) is 3.21. The van der Waals surface area contributed by atoms with Gasteiger partial charge >= 0.3 is 0 Å². The highest BCUT2D eigenvalue weighted by Gasteiger charge is 2.26. The van der Waals surface area contributed by atoms with Crippen LogP contribution >= 0.6 is 11.8 Å². The van der Waals surface area contributed by atoms with Crippen LogP contribution in [0.25, 0.3) is 0 Å². The van der Waals surface area contributed by atoms with Gasteiger partial charge in [-0.15, -0.1) is 0 Å². The standard InChI is InChI=1S/C15H24N4S/c1-16-14-9-12(11-5-3-4-6-11)17-15(18-14)13-10-20-8-7-19(13)2/h9,11,13H,3-8,10H2,1-2H3,(H,16,17,18). The van der Waals surface area contributed by atoms with Crippen LogP contribution in [-0.4, -0.2) is 47.0 Å². The van der Waals surface area contributed by atoms with Gasteiger partial charge in [-0.25, -0.2) is 9.97 Å². The highest BCUT2D eigenvalue weighted by Crippen LogP contribution is 2.35. The minimum atomic E-state index is 0.363. The van der Waals surface area contributed by atoms with Crippen molar-refractivity contribution in [3.8, 4) is 0 Å². The van der Waals surface area contributed by atoms with Gasteiger partial charge in [0.25, 0.3) is 0 Å². The smallest absolute Gasteiger partial charge is 0.148 e. The molecule has 3 rings (SSSR count). The Kier molecular flexibility index (Phi) is 4.46. The Hall–Kier alpha value is -0.810. The van der Waals surface area contributed by atoms with E-state index in [-0.39, 0.29) is 0 Å². The summed E-state index contributed by atoms with van der Waals surface area (Å²) in [5.41, 5.74) is 1.25. The molecule has 1 aromatic rings. The first kappa shape index (κ1) is 14.1. The monoisotopic (exact) mass is 292 g/mol. The molecular weight excluding hydrogens is 268 g/mol. The van der Waals surface area contributed by atoms with E-state index in [4.69, 9.17) is 9.97 Å². The van der Waals surface area contributed by atoms with Crippen LogP contribution in [0.5, 0.6) is 0 Å². The molecule has 2 aliphatic rings. The van der Waals surface area contributed by atoms with E-state index >= 15 is 0 Å². The first-order valence-corrected chi connectivity index (χ1v) is 8.78. The number of rotatable bonds is 3. The largest absolute Gasteiger partial charge is 0.373 e. The van der Waals surface area contributed by atoms with Crippen molar-refractivity contribution in [3.63, 3.8) is 0 Å². The normalized spacial score (nSPS) is 25.0. The van der Waals surface area contributed by atoms with Gasteiger partial charge in [-0.2, -0.15) is 11.8 Å². The summed E-state index contributed by atoms with van der Waals surface area (Å²) in [6, 6.07) is 2.51. The molecule has 0 spiro atoms. The average molecular weight is 292 g/mol. The predicted molar refractivity (Wildman–Crippen MR) is 85.5 cm³/mol. The van der Waals surface area contributed by atoms with Gasteiger partial charge in [0.15, 0.2) is 0 Å². The Labute approximate surface area is 125 Å². The molecule has 1 aliphatic carbocycles. The van der Waals surface area contributed by atoms with E-state index in [1.54, 1.807) is 0 Å². The summed E-state index contributed by atoms with van der Waals surface area (Å²) in [6.07, 6.45) is 5.26. The molecule has 1 atom stereocenters. The van der Waals surface area contributed by atoms with Gasteiger partial charge < -0.3 is 5.32 Å². The fourth-order valence-electron chi connectivity index (χ4n) is 3.15. The van der Waals surface area contributed by atoms with E-state index < -0.39 is 0 Å².